The first kappa shape index (κ1) is 25.6. The molecule has 0 radical (unpaired) electrons. The van der Waals surface area contributed by atoms with Crippen LogP contribution in [0.2, 0.25) is 0 Å². The smallest absolute Gasteiger partial charge is 0.337 e. The molecule has 6 heteroatoms. The van der Waals surface area contributed by atoms with Gasteiger partial charge in [-0.2, -0.15) is 4.57 Å². The van der Waals surface area contributed by atoms with Crippen LogP contribution >= 0.6 is 11.3 Å². The van der Waals surface area contributed by atoms with Gasteiger partial charge in [-0.05, 0) is 53.1 Å². The van der Waals surface area contributed by atoms with E-state index in [0.29, 0.717) is 5.56 Å². The Bertz CT molecular complexity index is 1340. The Balaban J connectivity index is 1.64. The van der Waals surface area contributed by atoms with Crippen LogP contribution in [-0.4, -0.2) is 56.7 Å². The number of carbonyl (C=O) groups excluding carboxylic acids is 1. The standard InChI is InChI=1S/C30H35N3O2S/c1-31-27-9-6-7-10-28(27)36-29(31)22-26(24-11-13-25(14-12-24)30(34)35-5)21-23-15-18-32(19-16-23)17-8-20-33(2,3)4/h6-7,9-16,18-19,21-22H,8,17,20H2,1-5H3/q+2. The summed E-state index contributed by atoms with van der Waals surface area (Å²) >= 11 is 1.77. The Morgan fingerprint density at radius 2 is 1.69 bits per heavy atom. The molecular weight excluding hydrogens is 466 g/mol. The van der Waals surface area contributed by atoms with Crippen LogP contribution in [0.25, 0.3) is 21.9 Å². The van der Waals surface area contributed by atoms with E-state index in [-0.39, 0.29) is 5.97 Å². The highest BCUT2D eigenvalue weighted by Crippen LogP contribution is 2.27. The zero-order valence-corrected chi connectivity index (χ0v) is 22.6. The molecule has 0 unspecified atom stereocenters. The van der Waals surface area contributed by atoms with Gasteiger partial charge >= 0.3 is 5.97 Å². The second kappa shape index (κ2) is 11.1. The lowest BCUT2D eigenvalue weighted by atomic mass is 10.0. The van der Waals surface area contributed by atoms with Crippen LogP contribution < -0.4 is 4.57 Å². The number of allylic oxidation sites excluding steroid dienone is 5. The fraction of sp³-hybridized carbons (Fsp3) is 0.267. The number of aromatic nitrogens is 1. The molecule has 0 atom stereocenters. The largest absolute Gasteiger partial charge is 0.465 e. The number of rotatable bonds is 8. The number of nitrogens with zero attached hydrogens (tertiary/aromatic N) is 3. The monoisotopic (exact) mass is 501 g/mol. The van der Waals surface area contributed by atoms with E-state index in [9.17, 15) is 4.79 Å². The summed E-state index contributed by atoms with van der Waals surface area (Å²) in [6.45, 7) is 2.15. The van der Waals surface area contributed by atoms with Gasteiger partial charge in [0.15, 0.2) is 0 Å². The van der Waals surface area contributed by atoms with Gasteiger partial charge in [0.25, 0.3) is 5.01 Å². The number of benzene rings is 2. The van der Waals surface area contributed by atoms with Crippen molar-refractivity contribution >= 4 is 39.2 Å². The van der Waals surface area contributed by atoms with Crippen LogP contribution in [0.1, 0.15) is 27.3 Å². The molecule has 0 N–H and O–H groups in total. The molecular formula is C30H35N3O2S+2. The van der Waals surface area contributed by atoms with Crippen molar-refractivity contribution in [1.29, 1.82) is 0 Å². The third kappa shape index (κ3) is 6.39. The molecule has 1 aliphatic heterocycles. The molecule has 1 aliphatic rings. The minimum Gasteiger partial charge on any atom is -0.465 e. The number of carbonyl (C=O) groups is 1. The molecule has 36 heavy (non-hydrogen) atoms. The number of quaternary nitrogens is 1. The van der Waals surface area contributed by atoms with Crippen molar-refractivity contribution in [1.82, 2.24) is 4.90 Å². The Morgan fingerprint density at radius 1 is 1.03 bits per heavy atom. The van der Waals surface area contributed by atoms with Crippen LogP contribution in [0, 0.1) is 0 Å². The van der Waals surface area contributed by atoms with Gasteiger partial charge in [-0.3, -0.25) is 0 Å². The van der Waals surface area contributed by atoms with Gasteiger partial charge < -0.3 is 14.1 Å². The summed E-state index contributed by atoms with van der Waals surface area (Å²) in [4.78, 5) is 14.2. The quantitative estimate of drug-likeness (QED) is 0.235. The lowest BCUT2D eigenvalue weighted by Crippen LogP contribution is -2.36. The Hall–Kier alpha value is -3.48. The summed E-state index contributed by atoms with van der Waals surface area (Å²) < 4.78 is 9.32. The number of aryl methyl sites for hydroxylation is 1. The SMILES string of the molecule is COC(=O)c1ccc(/C(C=C2C=CN(CCC[N+](C)(C)C)C=C2)=C\c2sc3ccccc3[n+]2C)cc1. The number of ether oxygens (including phenoxy) is 1. The van der Waals surface area contributed by atoms with E-state index in [1.165, 1.54) is 17.3 Å². The molecule has 0 saturated carbocycles. The lowest BCUT2D eigenvalue weighted by Gasteiger charge is -2.26. The normalized spacial score (nSPS) is 14.0. The van der Waals surface area contributed by atoms with Crippen molar-refractivity contribution in [3.63, 3.8) is 0 Å². The van der Waals surface area contributed by atoms with Gasteiger partial charge in [-0.1, -0.05) is 35.6 Å². The van der Waals surface area contributed by atoms with Gasteiger partial charge in [0.05, 0.1) is 40.4 Å². The van der Waals surface area contributed by atoms with Gasteiger partial charge in [0, 0.05) is 37.5 Å². The number of hydrogen-bond donors (Lipinski definition) is 0. The Labute approximate surface area is 218 Å². The molecule has 0 saturated heterocycles. The van der Waals surface area contributed by atoms with E-state index in [1.807, 2.05) is 24.3 Å². The Morgan fingerprint density at radius 3 is 2.33 bits per heavy atom. The predicted octanol–water partition coefficient (Wildman–Crippen LogP) is 5.42. The summed E-state index contributed by atoms with van der Waals surface area (Å²) in [7, 11) is 10.2. The molecule has 1 aromatic heterocycles. The van der Waals surface area contributed by atoms with Crippen molar-refractivity contribution < 1.29 is 18.6 Å². The van der Waals surface area contributed by atoms with Crippen molar-refractivity contribution in [2.24, 2.45) is 7.05 Å². The van der Waals surface area contributed by atoms with E-state index in [2.05, 4.69) is 98.6 Å². The van der Waals surface area contributed by atoms with Crippen LogP contribution in [0.4, 0.5) is 0 Å². The molecule has 0 aliphatic carbocycles. The number of esters is 1. The molecule has 2 aromatic carbocycles. The molecule has 186 valence electrons. The summed E-state index contributed by atoms with van der Waals surface area (Å²) in [6, 6.07) is 16.0. The highest BCUT2D eigenvalue weighted by atomic mass is 32.1. The van der Waals surface area contributed by atoms with Crippen molar-refractivity contribution in [2.75, 3.05) is 41.3 Å². The van der Waals surface area contributed by atoms with Gasteiger partial charge in [0.1, 0.15) is 11.7 Å². The summed E-state index contributed by atoms with van der Waals surface area (Å²) in [6.07, 6.45) is 14.2. The number of methoxy groups -OCH3 is 1. The molecule has 0 amide bonds. The summed E-state index contributed by atoms with van der Waals surface area (Å²) in [5.74, 6) is -0.329. The average molecular weight is 502 g/mol. The summed E-state index contributed by atoms with van der Waals surface area (Å²) in [5, 5.41) is 1.16. The van der Waals surface area contributed by atoms with Gasteiger partial charge in [0.2, 0.25) is 5.52 Å². The van der Waals surface area contributed by atoms with Crippen LogP contribution in [-0.2, 0) is 11.8 Å². The second-order valence-corrected chi connectivity index (χ2v) is 11.1. The Kier molecular flexibility index (Phi) is 7.87. The number of fused-ring (bicyclic) bond motifs is 1. The predicted molar refractivity (Wildman–Crippen MR) is 149 cm³/mol. The van der Waals surface area contributed by atoms with E-state index >= 15 is 0 Å². The van der Waals surface area contributed by atoms with E-state index < -0.39 is 0 Å². The van der Waals surface area contributed by atoms with Crippen LogP contribution in [0.5, 0.6) is 0 Å². The molecule has 3 aromatic rings. The maximum Gasteiger partial charge on any atom is 0.337 e. The first-order valence-electron chi connectivity index (χ1n) is 12.2. The summed E-state index contributed by atoms with van der Waals surface area (Å²) in [5.41, 5.74) is 5.01. The maximum absolute atomic E-state index is 11.9. The zero-order chi connectivity index (χ0) is 25.7. The van der Waals surface area contributed by atoms with E-state index in [1.54, 1.807) is 11.3 Å². The topological polar surface area (TPSA) is 33.4 Å². The molecule has 0 fully saturated rings. The number of hydrogen-bond acceptors (Lipinski definition) is 4. The third-order valence-corrected chi connectivity index (χ3v) is 7.34. The third-order valence-electron chi connectivity index (χ3n) is 6.17. The fourth-order valence-electron chi connectivity index (χ4n) is 4.13. The maximum atomic E-state index is 11.9. The van der Waals surface area contributed by atoms with E-state index in [4.69, 9.17) is 4.74 Å². The first-order valence-corrected chi connectivity index (χ1v) is 13.0. The average Bonchev–Trinajstić information content (AvgIpc) is 3.18. The number of para-hydroxylation sites is 1. The molecule has 5 nitrogen and oxygen atoms in total. The van der Waals surface area contributed by atoms with Crippen molar-refractivity contribution in [3.05, 3.63) is 101 Å². The fourth-order valence-corrected chi connectivity index (χ4v) is 5.23. The minimum absolute atomic E-state index is 0.329. The van der Waals surface area contributed by atoms with Crippen molar-refractivity contribution in [2.45, 2.75) is 6.42 Å². The first-order chi connectivity index (χ1) is 17.2. The second-order valence-electron chi connectivity index (χ2n) is 10.0. The zero-order valence-electron chi connectivity index (χ0n) is 21.8. The van der Waals surface area contributed by atoms with Crippen LogP contribution in [0.3, 0.4) is 0 Å². The number of thiazole rings is 1. The molecule has 2 heterocycles. The minimum atomic E-state index is -0.329. The van der Waals surface area contributed by atoms with Crippen LogP contribution in [0.15, 0.2) is 84.7 Å². The van der Waals surface area contributed by atoms with Gasteiger partial charge in [-0.25, -0.2) is 4.79 Å². The lowest BCUT2D eigenvalue weighted by molar-refractivity contribution is -0.870. The molecule has 4 rings (SSSR count). The molecule has 0 bridgehead atoms. The van der Waals surface area contributed by atoms with E-state index in [0.717, 1.165) is 45.7 Å². The molecule has 0 spiro atoms. The van der Waals surface area contributed by atoms with Crippen molar-refractivity contribution in [3.8, 4) is 0 Å². The highest BCUT2D eigenvalue weighted by molar-refractivity contribution is 7.18. The highest BCUT2D eigenvalue weighted by Gasteiger charge is 2.16. The van der Waals surface area contributed by atoms with Gasteiger partial charge in [-0.15, -0.1) is 0 Å².